The molecule has 1 aliphatic rings. The average molecular weight is 288 g/mol. The van der Waals surface area contributed by atoms with E-state index in [1.54, 1.807) is 6.07 Å². The molecule has 1 N–H and O–H groups in total. The summed E-state index contributed by atoms with van der Waals surface area (Å²) in [6, 6.07) is 7.73. The van der Waals surface area contributed by atoms with Crippen molar-refractivity contribution in [3.05, 3.63) is 28.5 Å². The van der Waals surface area contributed by atoms with Crippen LogP contribution in [-0.2, 0) is 11.3 Å². The lowest BCUT2D eigenvalue weighted by Crippen LogP contribution is -2.41. The van der Waals surface area contributed by atoms with Gasteiger partial charge in [0, 0.05) is 13.1 Å². The Hall–Kier alpha value is -1.68. The van der Waals surface area contributed by atoms with Gasteiger partial charge in [-0.3, -0.25) is 0 Å². The molecular weight excluding hydrogens is 272 g/mol. The summed E-state index contributed by atoms with van der Waals surface area (Å²) in [5, 5.41) is 9.02. The van der Waals surface area contributed by atoms with Crippen molar-refractivity contribution in [1.82, 2.24) is 14.5 Å². The van der Waals surface area contributed by atoms with Crippen molar-refractivity contribution in [3.63, 3.8) is 0 Å². The molecule has 1 fully saturated rings. The van der Waals surface area contributed by atoms with E-state index in [9.17, 15) is 0 Å². The predicted octanol–water partition coefficient (Wildman–Crippen LogP) is 1.90. The van der Waals surface area contributed by atoms with Gasteiger partial charge in [-0.2, -0.15) is 5.26 Å². The lowest BCUT2D eigenvalue weighted by molar-refractivity contribution is -0.0271. The second-order valence-corrected chi connectivity index (χ2v) is 5.53. The van der Waals surface area contributed by atoms with Gasteiger partial charge >= 0.3 is 0 Å². The number of nitrogens with one attached hydrogen (secondary N) is 1. The Labute approximate surface area is 122 Å². The van der Waals surface area contributed by atoms with E-state index in [2.05, 4.69) is 23.0 Å². The van der Waals surface area contributed by atoms with Crippen LogP contribution in [-0.4, -0.2) is 47.3 Å². The van der Waals surface area contributed by atoms with Crippen molar-refractivity contribution in [2.24, 2.45) is 0 Å². The highest BCUT2D eigenvalue weighted by atomic mass is 32.1. The number of nitrogens with zero attached hydrogens (tertiary/aromatic N) is 3. The zero-order valence-electron chi connectivity index (χ0n) is 11.3. The van der Waals surface area contributed by atoms with Crippen molar-refractivity contribution < 1.29 is 4.74 Å². The Balaban J connectivity index is 1.96. The van der Waals surface area contributed by atoms with Crippen LogP contribution in [0.2, 0.25) is 0 Å². The molecule has 5 nitrogen and oxygen atoms in total. The maximum absolute atomic E-state index is 9.02. The third kappa shape index (κ3) is 2.48. The Bertz CT molecular complexity index is 727. The van der Waals surface area contributed by atoms with Crippen LogP contribution in [0, 0.1) is 16.1 Å². The number of aromatic nitrogens is 2. The second-order valence-electron chi connectivity index (χ2n) is 5.14. The van der Waals surface area contributed by atoms with Gasteiger partial charge in [0.25, 0.3) is 0 Å². The number of likely N-dealkylation sites (N-methyl/N-ethyl adjacent to an activating group) is 1. The van der Waals surface area contributed by atoms with E-state index in [1.807, 2.05) is 16.7 Å². The smallest absolute Gasteiger partial charge is 0.178 e. The second kappa shape index (κ2) is 5.37. The van der Waals surface area contributed by atoms with Crippen molar-refractivity contribution in [1.29, 1.82) is 5.26 Å². The average Bonchev–Trinajstić information content (AvgIpc) is 2.74. The number of ether oxygens (including phenoxy) is 1. The van der Waals surface area contributed by atoms with Gasteiger partial charge in [-0.05, 0) is 37.5 Å². The maximum Gasteiger partial charge on any atom is 0.178 e. The van der Waals surface area contributed by atoms with Gasteiger partial charge in [0.05, 0.1) is 41.9 Å². The maximum atomic E-state index is 9.02. The number of imidazole rings is 1. The molecule has 1 aromatic heterocycles. The summed E-state index contributed by atoms with van der Waals surface area (Å²) < 4.78 is 8.49. The molecule has 2 heterocycles. The standard InChI is InChI=1S/C14H16N4OS/c1-17-4-5-19-11(8-17)9-18-13-6-10(7-15)2-3-12(13)16-14(18)20/h2-3,6,11H,4-5,8-9H2,1H3,(H,16,20). The molecule has 3 rings (SSSR count). The van der Waals surface area contributed by atoms with E-state index in [4.69, 9.17) is 22.2 Å². The van der Waals surface area contributed by atoms with E-state index in [0.29, 0.717) is 16.9 Å². The molecule has 0 radical (unpaired) electrons. The SMILES string of the molecule is CN1CCOC(Cn2c(=S)[nH]c3ccc(C#N)cc32)C1. The summed E-state index contributed by atoms with van der Waals surface area (Å²) in [6.45, 7) is 3.32. The molecule has 6 heteroatoms. The van der Waals surface area contributed by atoms with Crippen molar-refractivity contribution >= 4 is 23.3 Å². The first-order valence-electron chi connectivity index (χ1n) is 6.60. The van der Waals surface area contributed by atoms with Gasteiger partial charge in [-0.25, -0.2) is 0 Å². The summed E-state index contributed by atoms with van der Waals surface area (Å²) >= 11 is 5.39. The third-order valence-corrected chi connectivity index (χ3v) is 3.95. The molecule has 1 unspecified atom stereocenters. The van der Waals surface area contributed by atoms with Crippen molar-refractivity contribution in [2.75, 3.05) is 26.7 Å². The number of morpholine rings is 1. The lowest BCUT2D eigenvalue weighted by Gasteiger charge is -2.30. The van der Waals surface area contributed by atoms with E-state index in [0.717, 1.165) is 30.7 Å². The molecule has 2 aromatic rings. The Kier molecular flexibility index (Phi) is 3.57. The minimum absolute atomic E-state index is 0.130. The molecule has 1 aliphatic heterocycles. The number of H-pyrrole nitrogens is 1. The van der Waals surface area contributed by atoms with Gasteiger partial charge in [-0.1, -0.05) is 0 Å². The Morgan fingerprint density at radius 3 is 3.15 bits per heavy atom. The molecule has 1 saturated heterocycles. The fourth-order valence-electron chi connectivity index (χ4n) is 2.58. The predicted molar refractivity (Wildman–Crippen MR) is 79.1 cm³/mol. The van der Waals surface area contributed by atoms with E-state index in [-0.39, 0.29) is 6.10 Å². The number of rotatable bonds is 2. The third-order valence-electron chi connectivity index (χ3n) is 3.63. The molecule has 0 aliphatic carbocycles. The first kappa shape index (κ1) is 13.3. The molecule has 20 heavy (non-hydrogen) atoms. The van der Waals surface area contributed by atoms with Gasteiger partial charge in [0.2, 0.25) is 0 Å². The molecule has 1 atom stereocenters. The Morgan fingerprint density at radius 1 is 1.55 bits per heavy atom. The number of nitriles is 1. The van der Waals surface area contributed by atoms with Crippen LogP contribution in [0.3, 0.4) is 0 Å². The van der Waals surface area contributed by atoms with Crippen molar-refractivity contribution in [2.45, 2.75) is 12.6 Å². The number of fused-ring (bicyclic) bond motifs is 1. The molecule has 0 saturated carbocycles. The zero-order valence-corrected chi connectivity index (χ0v) is 12.1. The highest BCUT2D eigenvalue weighted by Gasteiger charge is 2.19. The van der Waals surface area contributed by atoms with E-state index < -0.39 is 0 Å². The molecule has 0 bridgehead atoms. The largest absolute Gasteiger partial charge is 0.374 e. The van der Waals surface area contributed by atoms with Crippen LogP contribution < -0.4 is 0 Å². The van der Waals surface area contributed by atoms with Gasteiger partial charge in [-0.15, -0.1) is 0 Å². The highest BCUT2D eigenvalue weighted by molar-refractivity contribution is 7.71. The first-order valence-corrected chi connectivity index (χ1v) is 7.01. The number of hydrogen-bond donors (Lipinski definition) is 1. The number of aromatic amines is 1. The van der Waals surface area contributed by atoms with E-state index in [1.165, 1.54) is 0 Å². The number of hydrogen-bond acceptors (Lipinski definition) is 4. The highest BCUT2D eigenvalue weighted by Crippen LogP contribution is 2.18. The summed E-state index contributed by atoms with van der Waals surface area (Å²) in [5.41, 5.74) is 2.56. The van der Waals surface area contributed by atoms with Crippen LogP contribution >= 0.6 is 12.2 Å². The number of benzene rings is 1. The van der Waals surface area contributed by atoms with Crippen LogP contribution in [0.1, 0.15) is 5.56 Å². The van der Waals surface area contributed by atoms with Crippen molar-refractivity contribution in [3.8, 4) is 6.07 Å². The molecule has 104 valence electrons. The normalized spacial score (nSPS) is 20.1. The zero-order chi connectivity index (χ0) is 14.1. The molecular formula is C14H16N4OS. The quantitative estimate of drug-likeness (QED) is 0.858. The molecule has 0 amide bonds. The van der Waals surface area contributed by atoms with Crippen LogP contribution in [0.15, 0.2) is 18.2 Å². The summed E-state index contributed by atoms with van der Waals surface area (Å²) in [5.74, 6) is 0. The van der Waals surface area contributed by atoms with Gasteiger partial charge in [0.15, 0.2) is 4.77 Å². The summed E-state index contributed by atoms with van der Waals surface area (Å²) in [4.78, 5) is 5.44. The minimum Gasteiger partial charge on any atom is -0.374 e. The fraction of sp³-hybridized carbons (Fsp3) is 0.429. The fourth-order valence-corrected chi connectivity index (χ4v) is 2.87. The summed E-state index contributed by atoms with van der Waals surface area (Å²) in [6.07, 6.45) is 0.130. The van der Waals surface area contributed by atoms with E-state index >= 15 is 0 Å². The monoisotopic (exact) mass is 288 g/mol. The van der Waals surface area contributed by atoms with Crippen LogP contribution in [0.25, 0.3) is 11.0 Å². The minimum atomic E-state index is 0.130. The van der Waals surface area contributed by atoms with Crippen LogP contribution in [0.5, 0.6) is 0 Å². The topological polar surface area (TPSA) is 57.0 Å². The first-order chi connectivity index (χ1) is 9.67. The molecule has 1 aromatic carbocycles. The Morgan fingerprint density at radius 2 is 2.40 bits per heavy atom. The van der Waals surface area contributed by atoms with Gasteiger partial charge in [0.1, 0.15) is 0 Å². The summed E-state index contributed by atoms with van der Waals surface area (Å²) in [7, 11) is 2.10. The van der Waals surface area contributed by atoms with Crippen LogP contribution in [0.4, 0.5) is 0 Å². The lowest BCUT2D eigenvalue weighted by atomic mass is 10.2. The van der Waals surface area contributed by atoms with Gasteiger partial charge < -0.3 is 19.2 Å². The molecule has 0 spiro atoms.